The maximum absolute atomic E-state index is 12.0. The Hall–Kier alpha value is -1.60. The minimum Gasteiger partial charge on any atom is -0.445 e. The molecule has 2 rings (SSSR count). The van der Waals surface area contributed by atoms with Crippen molar-refractivity contribution in [1.82, 2.24) is 4.90 Å². The number of carbonyl (C=O) groups excluding carboxylic acids is 1. The van der Waals surface area contributed by atoms with Crippen molar-refractivity contribution in [2.45, 2.75) is 19.4 Å². The van der Waals surface area contributed by atoms with Gasteiger partial charge in [-0.3, -0.25) is 4.18 Å². The highest BCUT2D eigenvalue weighted by atomic mass is 32.2. The van der Waals surface area contributed by atoms with Crippen LogP contribution in [0.25, 0.3) is 0 Å². The van der Waals surface area contributed by atoms with Crippen LogP contribution in [0.15, 0.2) is 30.3 Å². The van der Waals surface area contributed by atoms with Crippen LogP contribution in [0.2, 0.25) is 0 Å². The van der Waals surface area contributed by atoms with E-state index < -0.39 is 10.1 Å². The van der Waals surface area contributed by atoms with Crippen molar-refractivity contribution < 1.29 is 22.1 Å². The second-order valence-electron chi connectivity index (χ2n) is 5.46. The Kier molecular flexibility index (Phi) is 5.79. The lowest BCUT2D eigenvalue weighted by molar-refractivity contribution is 0.102. The molecule has 0 saturated carbocycles. The summed E-state index contributed by atoms with van der Waals surface area (Å²) >= 11 is 0. The molecule has 1 aliphatic rings. The number of ether oxygens (including phenoxy) is 1. The minimum atomic E-state index is -3.39. The number of benzene rings is 1. The van der Waals surface area contributed by atoms with Crippen LogP contribution < -0.4 is 0 Å². The van der Waals surface area contributed by atoms with Gasteiger partial charge in [0.25, 0.3) is 10.1 Å². The van der Waals surface area contributed by atoms with E-state index in [1.165, 1.54) is 0 Å². The summed E-state index contributed by atoms with van der Waals surface area (Å²) in [5.74, 6) is 0.256. The maximum atomic E-state index is 12.0. The summed E-state index contributed by atoms with van der Waals surface area (Å²) in [5, 5.41) is 0. The van der Waals surface area contributed by atoms with Crippen molar-refractivity contribution in [2.24, 2.45) is 5.92 Å². The lowest BCUT2D eigenvalue weighted by Gasteiger charge is -2.16. The van der Waals surface area contributed by atoms with Gasteiger partial charge in [-0.2, -0.15) is 8.42 Å². The average molecular weight is 327 g/mol. The molecule has 0 N–H and O–H groups in total. The van der Waals surface area contributed by atoms with E-state index in [9.17, 15) is 13.2 Å². The molecule has 1 aromatic carbocycles. The summed E-state index contributed by atoms with van der Waals surface area (Å²) in [5.41, 5.74) is 0.952. The van der Waals surface area contributed by atoms with Gasteiger partial charge in [-0.05, 0) is 24.3 Å². The van der Waals surface area contributed by atoms with Crippen molar-refractivity contribution in [1.29, 1.82) is 0 Å². The van der Waals surface area contributed by atoms with E-state index in [1.54, 1.807) is 4.90 Å². The Labute approximate surface area is 131 Å². The van der Waals surface area contributed by atoms with Crippen LogP contribution in [0.4, 0.5) is 4.79 Å². The van der Waals surface area contributed by atoms with Crippen molar-refractivity contribution >= 4 is 16.2 Å². The first-order valence-electron chi connectivity index (χ1n) is 7.24. The van der Waals surface area contributed by atoms with Gasteiger partial charge in [0.15, 0.2) is 0 Å². The first-order valence-corrected chi connectivity index (χ1v) is 9.06. The monoisotopic (exact) mass is 327 g/mol. The summed E-state index contributed by atoms with van der Waals surface area (Å²) in [7, 11) is -3.39. The highest BCUT2D eigenvalue weighted by Gasteiger charge is 2.27. The number of carbonyl (C=O) groups is 1. The minimum absolute atomic E-state index is 0.163. The molecule has 22 heavy (non-hydrogen) atoms. The van der Waals surface area contributed by atoms with Crippen LogP contribution >= 0.6 is 0 Å². The molecule has 0 radical (unpaired) electrons. The van der Waals surface area contributed by atoms with Gasteiger partial charge in [-0.25, -0.2) is 4.79 Å². The molecular formula is C15H21NO5S. The summed E-state index contributed by atoms with van der Waals surface area (Å²) in [6.07, 6.45) is 2.17. The molecule has 0 aromatic heterocycles. The van der Waals surface area contributed by atoms with E-state index in [1.807, 2.05) is 30.3 Å². The van der Waals surface area contributed by atoms with Gasteiger partial charge >= 0.3 is 6.09 Å². The first kappa shape index (κ1) is 16.8. The molecule has 0 bridgehead atoms. The Bertz CT molecular complexity index is 587. The van der Waals surface area contributed by atoms with Gasteiger partial charge in [0.2, 0.25) is 0 Å². The lowest BCUT2D eigenvalue weighted by Crippen LogP contribution is -2.29. The van der Waals surface area contributed by atoms with Gasteiger partial charge in [0.05, 0.1) is 12.9 Å². The van der Waals surface area contributed by atoms with E-state index in [4.69, 9.17) is 8.92 Å². The van der Waals surface area contributed by atoms with Crippen LogP contribution in [0.3, 0.4) is 0 Å². The van der Waals surface area contributed by atoms with Crippen molar-refractivity contribution in [3.05, 3.63) is 35.9 Å². The molecule has 1 amide bonds. The van der Waals surface area contributed by atoms with Gasteiger partial charge in [-0.15, -0.1) is 0 Å². The zero-order valence-corrected chi connectivity index (χ0v) is 13.4. The molecule has 1 aliphatic heterocycles. The van der Waals surface area contributed by atoms with Crippen molar-refractivity contribution in [3.63, 3.8) is 0 Å². The Morgan fingerprint density at radius 2 is 2.05 bits per heavy atom. The standard InChI is InChI=1S/C15H21NO5S/c1-22(18,19)21-10-8-13-7-9-16(11-13)15(17)20-12-14-5-3-2-4-6-14/h2-6,13H,7-12H2,1H3/t13-/m1/s1. The second-order valence-corrected chi connectivity index (χ2v) is 7.10. The molecule has 6 nitrogen and oxygen atoms in total. The summed E-state index contributed by atoms with van der Waals surface area (Å²) in [6.45, 7) is 1.65. The molecule has 1 heterocycles. The molecule has 1 atom stereocenters. The van der Waals surface area contributed by atoms with Crippen molar-refractivity contribution in [2.75, 3.05) is 26.0 Å². The fourth-order valence-electron chi connectivity index (χ4n) is 2.41. The maximum Gasteiger partial charge on any atom is 0.410 e. The van der Waals surface area contributed by atoms with Crippen molar-refractivity contribution in [3.8, 4) is 0 Å². The van der Waals surface area contributed by atoms with E-state index in [0.717, 1.165) is 18.2 Å². The number of nitrogens with zero attached hydrogens (tertiary/aromatic N) is 1. The van der Waals surface area contributed by atoms with E-state index >= 15 is 0 Å². The second kappa shape index (κ2) is 7.60. The third-order valence-corrected chi connectivity index (χ3v) is 4.17. The third kappa shape index (κ3) is 5.65. The Balaban J connectivity index is 1.69. The molecule has 1 aromatic rings. The molecular weight excluding hydrogens is 306 g/mol. The quantitative estimate of drug-likeness (QED) is 0.747. The zero-order valence-electron chi connectivity index (χ0n) is 12.6. The highest BCUT2D eigenvalue weighted by Crippen LogP contribution is 2.20. The van der Waals surface area contributed by atoms with Gasteiger partial charge < -0.3 is 9.64 Å². The summed E-state index contributed by atoms with van der Waals surface area (Å²) in [4.78, 5) is 13.6. The molecule has 7 heteroatoms. The van der Waals surface area contributed by atoms with Gasteiger partial charge in [-0.1, -0.05) is 30.3 Å². The fourth-order valence-corrected chi connectivity index (χ4v) is 2.81. The molecule has 0 unspecified atom stereocenters. The third-order valence-electron chi connectivity index (χ3n) is 3.57. The predicted octanol–water partition coefficient (Wildman–Crippen LogP) is 2.01. The smallest absolute Gasteiger partial charge is 0.410 e. The average Bonchev–Trinajstić information content (AvgIpc) is 2.93. The van der Waals surface area contributed by atoms with E-state index in [-0.39, 0.29) is 25.2 Å². The van der Waals surface area contributed by atoms with Gasteiger partial charge in [0.1, 0.15) is 6.61 Å². The largest absolute Gasteiger partial charge is 0.445 e. The molecule has 0 aliphatic carbocycles. The summed E-state index contributed by atoms with van der Waals surface area (Å²) < 4.78 is 31.8. The van der Waals surface area contributed by atoms with Crippen LogP contribution in [-0.2, 0) is 25.6 Å². The lowest BCUT2D eigenvalue weighted by atomic mass is 10.1. The predicted molar refractivity (Wildman–Crippen MR) is 81.7 cm³/mol. The van der Waals surface area contributed by atoms with E-state index in [0.29, 0.717) is 19.5 Å². The fraction of sp³-hybridized carbons (Fsp3) is 0.533. The number of hydrogen-bond donors (Lipinski definition) is 0. The van der Waals surface area contributed by atoms with Crippen LogP contribution in [-0.4, -0.2) is 45.4 Å². The molecule has 1 saturated heterocycles. The number of hydrogen-bond acceptors (Lipinski definition) is 5. The van der Waals surface area contributed by atoms with E-state index in [2.05, 4.69) is 0 Å². The highest BCUT2D eigenvalue weighted by molar-refractivity contribution is 7.85. The molecule has 0 spiro atoms. The topological polar surface area (TPSA) is 72.9 Å². The summed E-state index contributed by atoms with van der Waals surface area (Å²) in [6, 6.07) is 9.52. The number of amides is 1. The van der Waals surface area contributed by atoms with Crippen LogP contribution in [0.5, 0.6) is 0 Å². The van der Waals surface area contributed by atoms with Gasteiger partial charge in [0, 0.05) is 13.1 Å². The number of rotatable bonds is 6. The number of likely N-dealkylation sites (tertiary alicyclic amines) is 1. The Morgan fingerprint density at radius 1 is 1.32 bits per heavy atom. The molecule has 122 valence electrons. The SMILES string of the molecule is CS(=O)(=O)OCC[C@H]1CCN(C(=O)OCc2ccccc2)C1. The Morgan fingerprint density at radius 3 is 2.73 bits per heavy atom. The first-order chi connectivity index (χ1) is 10.4. The van der Waals surface area contributed by atoms with Crippen LogP contribution in [0, 0.1) is 5.92 Å². The zero-order chi connectivity index (χ0) is 16.0. The molecule has 1 fully saturated rings. The van der Waals surface area contributed by atoms with Crippen LogP contribution in [0.1, 0.15) is 18.4 Å². The normalized spacial score (nSPS) is 18.4.